The Bertz CT molecular complexity index is 670. The Morgan fingerprint density at radius 2 is 2.10 bits per heavy atom. The zero-order valence-corrected chi connectivity index (χ0v) is 18.8. The minimum Gasteiger partial charge on any atom is -0.492 e. The monoisotopic (exact) mass is 418 g/mol. The zero-order chi connectivity index (χ0) is 21.2. The molecule has 0 amide bonds. The van der Waals surface area contributed by atoms with Gasteiger partial charge in [-0.3, -0.25) is 9.89 Å². The number of nitrogens with one attached hydrogen (secondary N) is 2. The first-order valence-corrected chi connectivity index (χ1v) is 11.2. The molecule has 1 aromatic carbocycles. The molecule has 2 fully saturated rings. The lowest BCUT2D eigenvalue weighted by molar-refractivity contribution is 0.0243. The van der Waals surface area contributed by atoms with Crippen molar-refractivity contribution < 1.29 is 14.2 Å². The molecule has 0 bridgehead atoms. The molecule has 3 rings (SSSR count). The standard InChI is InChI=1S/C23H38N4O3/c1-23(10-5-12-30-23)18-26-22(24-2)25-17-19-6-4-7-21(16-19)29-15-11-27(3)20-8-13-28-14-9-20/h4,6-7,16,20H,5,8-15,17-18H2,1-3H3,(H2,24,25,26). The van der Waals surface area contributed by atoms with Gasteiger partial charge in [0.25, 0.3) is 0 Å². The van der Waals surface area contributed by atoms with E-state index in [2.05, 4.69) is 46.6 Å². The smallest absolute Gasteiger partial charge is 0.191 e. The van der Waals surface area contributed by atoms with Gasteiger partial charge in [0, 0.05) is 52.5 Å². The van der Waals surface area contributed by atoms with Gasteiger partial charge in [-0.2, -0.15) is 0 Å². The van der Waals surface area contributed by atoms with Crippen LogP contribution in [0.3, 0.4) is 0 Å². The van der Waals surface area contributed by atoms with Crippen molar-refractivity contribution in [3.8, 4) is 5.75 Å². The fourth-order valence-corrected chi connectivity index (χ4v) is 4.01. The third-order valence-corrected chi connectivity index (χ3v) is 6.04. The van der Waals surface area contributed by atoms with E-state index in [1.54, 1.807) is 7.05 Å². The van der Waals surface area contributed by atoms with Gasteiger partial charge in [0.15, 0.2) is 5.96 Å². The lowest BCUT2D eigenvalue weighted by Gasteiger charge is -2.31. The Morgan fingerprint density at radius 1 is 1.27 bits per heavy atom. The van der Waals surface area contributed by atoms with Gasteiger partial charge in [-0.05, 0) is 57.4 Å². The summed E-state index contributed by atoms with van der Waals surface area (Å²) in [5.41, 5.74) is 1.07. The minimum absolute atomic E-state index is 0.0941. The molecule has 2 saturated heterocycles. The van der Waals surface area contributed by atoms with Crippen LogP contribution in [0.5, 0.6) is 5.75 Å². The normalized spacial score (nSPS) is 23.0. The second-order valence-electron chi connectivity index (χ2n) is 8.50. The fraction of sp³-hybridized carbons (Fsp3) is 0.696. The summed E-state index contributed by atoms with van der Waals surface area (Å²) in [5.74, 6) is 1.70. The Labute approximate surface area is 181 Å². The zero-order valence-electron chi connectivity index (χ0n) is 18.8. The summed E-state index contributed by atoms with van der Waals surface area (Å²) in [6.07, 6.45) is 4.43. The number of likely N-dealkylation sites (N-methyl/N-ethyl adjacent to an activating group) is 1. The van der Waals surface area contributed by atoms with E-state index in [9.17, 15) is 0 Å². The molecule has 1 aromatic rings. The number of hydrogen-bond donors (Lipinski definition) is 2. The highest BCUT2D eigenvalue weighted by Gasteiger charge is 2.29. The third kappa shape index (κ3) is 7.15. The highest BCUT2D eigenvalue weighted by atomic mass is 16.5. The summed E-state index contributed by atoms with van der Waals surface area (Å²) >= 11 is 0. The number of guanidine groups is 1. The van der Waals surface area contributed by atoms with Crippen LogP contribution in [0, 0.1) is 0 Å². The first-order valence-electron chi connectivity index (χ1n) is 11.2. The van der Waals surface area contributed by atoms with Crippen LogP contribution in [0.1, 0.15) is 38.2 Å². The molecule has 7 heteroatoms. The van der Waals surface area contributed by atoms with Crippen LogP contribution >= 0.6 is 0 Å². The highest BCUT2D eigenvalue weighted by Crippen LogP contribution is 2.23. The van der Waals surface area contributed by atoms with Crippen LogP contribution in [-0.2, 0) is 16.0 Å². The molecule has 0 aliphatic carbocycles. The largest absolute Gasteiger partial charge is 0.492 e. The quantitative estimate of drug-likeness (QED) is 0.474. The minimum atomic E-state index is -0.0941. The molecule has 0 aromatic heterocycles. The van der Waals surface area contributed by atoms with E-state index in [-0.39, 0.29) is 5.60 Å². The predicted octanol–water partition coefficient (Wildman–Crippen LogP) is 2.41. The average Bonchev–Trinajstić information content (AvgIpc) is 3.21. The summed E-state index contributed by atoms with van der Waals surface area (Å²) in [7, 11) is 3.97. The third-order valence-electron chi connectivity index (χ3n) is 6.04. The number of aliphatic imine (C=N–C) groups is 1. The van der Waals surface area contributed by atoms with Gasteiger partial charge in [0.2, 0.25) is 0 Å². The maximum absolute atomic E-state index is 6.01. The van der Waals surface area contributed by atoms with E-state index in [1.807, 2.05) is 12.1 Å². The highest BCUT2D eigenvalue weighted by molar-refractivity contribution is 5.79. The first-order chi connectivity index (χ1) is 14.6. The van der Waals surface area contributed by atoms with Gasteiger partial charge >= 0.3 is 0 Å². The van der Waals surface area contributed by atoms with E-state index >= 15 is 0 Å². The van der Waals surface area contributed by atoms with Gasteiger partial charge in [0.05, 0.1) is 5.60 Å². The average molecular weight is 419 g/mol. The Kier molecular flexibility index (Phi) is 8.78. The van der Waals surface area contributed by atoms with Crippen LogP contribution in [0.2, 0.25) is 0 Å². The maximum atomic E-state index is 6.01. The van der Waals surface area contributed by atoms with E-state index in [4.69, 9.17) is 14.2 Å². The van der Waals surface area contributed by atoms with Gasteiger partial charge < -0.3 is 24.8 Å². The Morgan fingerprint density at radius 3 is 2.83 bits per heavy atom. The van der Waals surface area contributed by atoms with Crippen LogP contribution in [0.4, 0.5) is 0 Å². The van der Waals surface area contributed by atoms with Crippen LogP contribution in [0.25, 0.3) is 0 Å². The molecule has 2 N–H and O–H groups in total. The predicted molar refractivity (Wildman–Crippen MR) is 120 cm³/mol. The van der Waals surface area contributed by atoms with Crippen molar-refractivity contribution in [3.63, 3.8) is 0 Å². The van der Waals surface area contributed by atoms with Crippen LogP contribution in [0.15, 0.2) is 29.3 Å². The summed E-state index contributed by atoms with van der Waals surface area (Å²) < 4.78 is 17.3. The lowest BCUT2D eigenvalue weighted by Crippen LogP contribution is -2.45. The van der Waals surface area contributed by atoms with Gasteiger partial charge in [-0.15, -0.1) is 0 Å². The number of ether oxygens (including phenoxy) is 3. The molecule has 7 nitrogen and oxygen atoms in total. The van der Waals surface area contributed by atoms with Crippen LogP contribution < -0.4 is 15.4 Å². The van der Waals surface area contributed by atoms with E-state index in [1.165, 1.54) is 0 Å². The molecular formula is C23H38N4O3. The molecular weight excluding hydrogens is 380 g/mol. The van der Waals surface area contributed by atoms with Crippen molar-refractivity contribution in [1.82, 2.24) is 15.5 Å². The van der Waals surface area contributed by atoms with Crippen molar-refractivity contribution in [2.24, 2.45) is 4.99 Å². The van der Waals surface area contributed by atoms with E-state index in [0.717, 1.165) is 75.9 Å². The summed E-state index contributed by atoms with van der Waals surface area (Å²) in [5, 5.41) is 6.76. The summed E-state index contributed by atoms with van der Waals surface area (Å²) in [6.45, 7) is 7.80. The van der Waals surface area contributed by atoms with Crippen LogP contribution in [-0.4, -0.2) is 76.1 Å². The Balaban J connectivity index is 1.39. The molecule has 0 radical (unpaired) electrons. The lowest BCUT2D eigenvalue weighted by atomic mass is 10.0. The molecule has 2 aliphatic heterocycles. The molecule has 1 unspecified atom stereocenters. The van der Waals surface area contributed by atoms with E-state index < -0.39 is 0 Å². The second kappa shape index (κ2) is 11.5. The number of hydrogen-bond acceptors (Lipinski definition) is 5. The number of rotatable bonds is 9. The number of nitrogens with zero attached hydrogens (tertiary/aromatic N) is 2. The van der Waals surface area contributed by atoms with Crippen molar-refractivity contribution >= 4 is 5.96 Å². The van der Waals surface area contributed by atoms with Gasteiger partial charge in [-0.1, -0.05) is 12.1 Å². The molecule has 0 saturated carbocycles. The SMILES string of the molecule is CN=C(NCc1cccc(OCCN(C)C2CCOCC2)c1)NCC1(C)CCCO1. The Hall–Kier alpha value is -1.83. The first kappa shape index (κ1) is 22.8. The second-order valence-corrected chi connectivity index (χ2v) is 8.50. The molecule has 2 heterocycles. The number of benzene rings is 1. The fourth-order valence-electron chi connectivity index (χ4n) is 4.01. The van der Waals surface area contributed by atoms with Crippen molar-refractivity contribution in [1.29, 1.82) is 0 Å². The van der Waals surface area contributed by atoms with E-state index in [0.29, 0.717) is 19.2 Å². The van der Waals surface area contributed by atoms with Crippen molar-refractivity contribution in [2.75, 3.05) is 53.6 Å². The topological polar surface area (TPSA) is 67.4 Å². The summed E-state index contributed by atoms with van der Waals surface area (Å²) in [6, 6.07) is 8.86. The maximum Gasteiger partial charge on any atom is 0.191 e. The molecule has 2 aliphatic rings. The van der Waals surface area contributed by atoms with Gasteiger partial charge in [-0.25, -0.2) is 0 Å². The molecule has 1 atom stereocenters. The van der Waals surface area contributed by atoms with Crippen molar-refractivity contribution in [2.45, 2.75) is 50.8 Å². The van der Waals surface area contributed by atoms with Gasteiger partial charge in [0.1, 0.15) is 12.4 Å². The molecule has 168 valence electrons. The van der Waals surface area contributed by atoms with Crippen molar-refractivity contribution in [3.05, 3.63) is 29.8 Å². The summed E-state index contributed by atoms with van der Waals surface area (Å²) in [4.78, 5) is 6.71. The molecule has 30 heavy (non-hydrogen) atoms. The molecule has 0 spiro atoms.